The highest BCUT2D eigenvalue weighted by atomic mass is 35.5. The van der Waals surface area contributed by atoms with E-state index in [1.807, 2.05) is 24.3 Å². The predicted octanol–water partition coefficient (Wildman–Crippen LogP) is 0.901. The summed E-state index contributed by atoms with van der Waals surface area (Å²) in [6.07, 6.45) is 2.50. The smallest absolute Gasteiger partial charge is 0.162 e. The van der Waals surface area contributed by atoms with E-state index >= 15 is 0 Å². The minimum atomic E-state index is 0. The third kappa shape index (κ3) is 2.64. The highest BCUT2D eigenvalue weighted by molar-refractivity contribution is 5.91. The molecule has 0 unspecified atom stereocenters. The highest BCUT2D eigenvalue weighted by Gasteiger charge is 2.18. The van der Waals surface area contributed by atoms with E-state index in [9.17, 15) is 0 Å². The third-order valence-electron chi connectivity index (χ3n) is 4.02. The lowest BCUT2D eigenvalue weighted by molar-refractivity contribution is -0.00000424. The second kappa shape index (κ2) is 6.32. The molecule has 22 heavy (non-hydrogen) atoms. The molecular formula is C18H17ClN3-. The van der Waals surface area contributed by atoms with Gasteiger partial charge in [-0.15, -0.1) is 0 Å². The van der Waals surface area contributed by atoms with Crippen LogP contribution in [0.15, 0.2) is 54.6 Å². The van der Waals surface area contributed by atoms with Gasteiger partial charge in [0.1, 0.15) is 5.82 Å². The van der Waals surface area contributed by atoms with Crippen molar-refractivity contribution in [2.75, 3.05) is 18.0 Å². The summed E-state index contributed by atoms with van der Waals surface area (Å²) >= 11 is 0. The molecule has 3 nitrogen and oxygen atoms in total. The molecule has 1 aromatic heterocycles. The number of para-hydroxylation sites is 1. The number of benzene rings is 2. The molecule has 2 heterocycles. The largest absolute Gasteiger partial charge is 1.00 e. The molecule has 2 aromatic carbocycles. The molecule has 1 saturated heterocycles. The average molecular weight is 311 g/mol. The SMILES string of the molecule is [Cl-].c1ccc(-c2nc(N3CCCC3)c3ccccc3n2)cc1. The van der Waals surface area contributed by atoms with Crippen molar-refractivity contribution < 1.29 is 12.4 Å². The molecule has 0 N–H and O–H groups in total. The molecular weight excluding hydrogens is 294 g/mol. The zero-order chi connectivity index (χ0) is 14.1. The standard InChI is InChI=1S/C18H17N3.ClH/c1-2-8-14(9-3-1)17-19-16-11-5-4-10-15(16)18(20-17)21-12-6-7-13-21;/h1-5,8-11H,6-7,12-13H2;1H/p-1. The fourth-order valence-electron chi connectivity index (χ4n) is 2.95. The zero-order valence-corrected chi connectivity index (χ0v) is 13.0. The highest BCUT2D eigenvalue weighted by Crippen LogP contribution is 2.29. The first kappa shape index (κ1) is 14.8. The van der Waals surface area contributed by atoms with Crippen LogP contribution in [-0.2, 0) is 0 Å². The molecule has 0 aliphatic carbocycles. The fourth-order valence-corrected chi connectivity index (χ4v) is 2.95. The van der Waals surface area contributed by atoms with Crippen LogP contribution in [-0.4, -0.2) is 23.1 Å². The second-order valence-electron chi connectivity index (χ2n) is 5.45. The summed E-state index contributed by atoms with van der Waals surface area (Å²) in [6.45, 7) is 2.18. The van der Waals surface area contributed by atoms with E-state index in [1.165, 1.54) is 12.8 Å². The molecule has 112 valence electrons. The van der Waals surface area contributed by atoms with Crippen LogP contribution in [0, 0.1) is 0 Å². The Kier molecular flexibility index (Phi) is 4.25. The lowest BCUT2D eigenvalue weighted by Crippen LogP contribution is -3.00. The van der Waals surface area contributed by atoms with Crippen LogP contribution < -0.4 is 17.3 Å². The second-order valence-corrected chi connectivity index (χ2v) is 5.45. The van der Waals surface area contributed by atoms with Gasteiger partial charge in [-0.25, -0.2) is 9.97 Å². The van der Waals surface area contributed by atoms with Crippen molar-refractivity contribution in [3.63, 3.8) is 0 Å². The van der Waals surface area contributed by atoms with Crippen LogP contribution in [0.25, 0.3) is 22.3 Å². The summed E-state index contributed by atoms with van der Waals surface area (Å²) in [5.41, 5.74) is 2.09. The van der Waals surface area contributed by atoms with Crippen molar-refractivity contribution >= 4 is 16.7 Å². The molecule has 1 aliphatic rings. The number of rotatable bonds is 2. The van der Waals surface area contributed by atoms with Crippen molar-refractivity contribution in [2.24, 2.45) is 0 Å². The summed E-state index contributed by atoms with van der Waals surface area (Å²) in [4.78, 5) is 12.0. The number of hydrogen-bond acceptors (Lipinski definition) is 3. The first-order chi connectivity index (χ1) is 10.4. The molecule has 4 rings (SSSR count). The first-order valence-electron chi connectivity index (χ1n) is 7.49. The van der Waals surface area contributed by atoms with Crippen LogP contribution in [0.1, 0.15) is 12.8 Å². The maximum absolute atomic E-state index is 4.87. The van der Waals surface area contributed by atoms with E-state index in [4.69, 9.17) is 9.97 Å². The van der Waals surface area contributed by atoms with Crippen molar-refractivity contribution in [3.8, 4) is 11.4 Å². The minimum absolute atomic E-state index is 0. The van der Waals surface area contributed by atoms with Crippen molar-refractivity contribution in [1.82, 2.24) is 9.97 Å². The number of hydrogen-bond donors (Lipinski definition) is 0. The Bertz CT molecular complexity index is 768. The van der Waals surface area contributed by atoms with Crippen molar-refractivity contribution in [2.45, 2.75) is 12.8 Å². The molecule has 0 amide bonds. The molecule has 4 heteroatoms. The quantitative estimate of drug-likeness (QED) is 0.704. The minimum Gasteiger partial charge on any atom is -1.00 e. The van der Waals surface area contributed by atoms with E-state index in [0.29, 0.717) is 0 Å². The van der Waals surface area contributed by atoms with Gasteiger partial charge in [0.2, 0.25) is 0 Å². The molecule has 1 aliphatic heterocycles. The monoisotopic (exact) mass is 310 g/mol. The Labute approximate surface area is 136 Å². The fraction of sp³-hybridized carbons (Fsp3) is 0.222. The van der Waals surface area contributed by atoms with Crippen LogP contribution in [0.5, 0.6) is 0 Å². The van der Waals surface area contributed by atoms with Gasteiger partial charge in [-0.1, -0.05) is 42.5 Å². The van der Waals surface area contributed by atoms with Gasteiger partial charge < -0.3 is 17.3 Å². The molecule has 1 fully saturated rings. The van der Waals surface area contributed by atoms with Crippen LogP contribution >= 0.6 is 0 Å². The zero-order valence-electron chi connectivity index (χ0n) is 12.2. The van der Waals surface area contributed by atoms with Gasteiger partial charge in [0.05, 0.1) is 5.52 Å². The first-order valence-corrected chi connectivity index (χ1v) is 7.49. The molecule has 0 spiro atoms. The Morgan fingerprint density at radius 3 is 2.23 bits per heavy atom. The van der Waals surface area contributed by atoms with Gasteiger partial charge in [0.15, 0.2) is 5.82 Å². The van der Waals surface area contributed by atoms with Crippen molar-refractivity contribution in [3.05, 3.63) is 54.6 Å². The Morgan fingerprint density at radius 2 is 1.45 bits per heavy atom. The van der Waals surface area contributed by atoms with Crippen LogP contribution in [0.4, 0.5) is 5.82 Å². The van der Waals surface area contributed by atoms with Gasteiger partial charge in [0, 0.05) is 24.0 Å². The van der Waals surface area contributed by atoms with E-state index in [0.717, 1.165) is 41.2 Å². The number of aromatic nitrogens is 2. The Morgan fingerprint density at radius 1 is 0.773 bits per heavy atom. The lowest BCUT2D eigenvalue weighted by Gasteiger charge is -2.19. The number of halogens is 1. The van der Waals surface area contributed by atoms with Crippen LogP contribution in [0.2, 0.25) is 0 Å². The molecule has 0 saturated carbocycles. The summed E-state index contributed by atoms with van der Waals surface area (Å²) in [6, 6.07) is 18.5. The van der Waals surface area contributed by atoms with E-state index in [2.05, 4.69) is 35.2 Å². The van der Waals surface area contributed by atoms with Gasteiger partial charge in [-0.2, -0.15) is 0 Å². The lowest BCUT2D eigenvalue weighted by atomic mass is 10.2. The Balaban J connectivity index is 0.00000144. The predicted molar refractivity (Wildman–Crippen MR) is 86.4 cm³/mol. The summed E-state index contributed by atoms with van der Waals surface area (Å²) in [5.74, 6) is 1.90. The molecule has 3 aromatic rings. The van der Waals surface area contributed by atoms with Gasteiger partial charge in [-0.05, 0) is 25.0 Å². The van der Waals surface area contributed by atoms with E-state index in [1.54, 1.807) is 0 Å². The number of anilines is 1. The van der Waals surface area contributed by atoms with Gasteiger partial charge >= 0.3 is 0 Å². The van der Waals surface area contributed by atoms with E-state index < -0.39 is 0 Å². The Hall–Kier alpha value is -2.13. The average Bonchev–Trinajstić information content (AvgIpc) is 3.09. The van der Waals surface area contributed by atoms with Crippen molar-refractivity contribution in [1.29, 1.82) is 0 Å². The molecule has 0 radical (unpaired) electrons. The molecule has 0 bridgehead atoms. The molecule has 0 atom stereocenters. The van der Waals surface area contributed by atoms with Crippen LogP contribution in [0.3, 0.4) is 0 Å². The summed E-state index contributed by atoms with van der Waals surface area (Å²) in [5, 5.41) is 1.15. The van der Waals surface area contributed by atoms with E-state index in [-0.39, 0.29) is 12.4 Å². The summed E-state index contributed by atoms with van der Waals surface area (Å²) in [7, 11) is 0. The normalized spacial score (nSPS) is 14.1. The summed E-state index contributed by atoms with van der Waals surface area (Å²) < 4.78 is 0. The third-order valence-corrected chi connectivity index (χ3v) is 4.02. The topological polar surface area (TPSA) is 29.0 Å². The number of nitrogens with zero attached hydrogens (tertiary/aromatic N) is 3. The number of fused-ring (bicyclic) bond motifs is 1. The van der Waals surface area contributed by atoms with Gasteiger partial charge in [0.25, 0.3) is 0 Å². The maximum atomic E-state index is 4.87. The maximum Gasteiger partial charge on any atom is 0.162 e. The van der Waals surface area contributed by atoms with Gasteiger partial charge in [-0.3, -0.25) is 0 Å².